The highest BCUT2D eigenvalue weighted by Gasteiger charge is 2.10. The molecule has 3 aromatic rings. The molecule has 0 saturated heterocycles. The van der Waals surface area contributed by atoms with Gasteiger partial charge < -0.3 is 15.5 Å². The molecule has 0 bridgehead atoms. The summed E-state index contributed by atoms with van der Waals surface area (Å²) in [4.78, 5) is 19.3. The van der Waals surface area contributed by atoms with Crippen molar-refractivity contribution in [2.45, 2.75) is 0 Å². The van der Waals surface area contributed by atoms with Gasteiger partial charge in [-0.25, -0.2) is 9.78 Å². The molecule has 0 radical (unpaired) electrons. The quantitative estimate of drug-likeness (QED) is 0.683. The number of carboxylic acids is 1. The number of pyridine rings is 1. The van der Waals surface area contributed by atoms with Crippen LogP contribution in [0.5, 0.6) is 5.75 Å². The summed E-state index contributed by atoms with van der Waals surface area (Å²) in [6.07, 6.45) is 3.42. The van der Waals surface area contributed by atoms with Gasteiger partial charge in [0.1, 0.15) is 11.3 Å². The SMILES string of the molecule is O=C(O)c1ccc(Nc2nc(-c3cccnc3)cs2)cc1O. The first-order chi connectivity index (χ1) is 10.6. The highest BCUT2D eigenvalue weighted by atomic mass is 32.1. The average molecular weight is 313 g/mol. The van der Waals surface area contributed by atoms with Crippen LogP contribution < -0.4 is 5.32 Å². The van der Waals surface area contributed by atoms with E-state index < -0.39 is 5.97 Å². The van der Waals surface area contributed by atoms with Gasteiger partial charge in [-0.2, -0.15) is 0 Å². The van der Waals surface area contributed by atoms with E-state index in [1.807, 2.05) is 17.5 Å². The van der Waals surface area contributed by atoms with E-state index >= 15 is 0 Å². The van der Waals surface area contributed by atoms with Crippen LogP contribution in [0.2, 0.25) is 0 Å². The smallest absolute Gasteiger partial charge is 0.339 e. The van der Waals surface area contributed by atoms with Crippen LogP contribution in [-0.2, 0) is 0 Å². The fourth-order valence-electron chi connectivity index (χ4n) is 1.89. The number of nitrogens with one attached hydrogen (secondary N) is 1. The Kier molecular flexibility index (Phi) is 3.71. The molecule has 0 aliphatic carbocycles. The Balaban J connectivity index is 1.81. The number of thiazole rings is 1. The normalized spacial score (nSPS) is 10.4. The summed E-state index contributed by atoms with van der Waals surface area (Å²) in [5.41, 5.74) is 2.14. The van der Waals surface area contributed by atoms with E-state index in [2.05, 4.69) is 15.3 Å². The van der Waals surface area contributed by atoms with Gasteiger partial charge in [-0.15, -0.1) is 11.3 Å². The van der Waals surface area contributed by atoms with Crippen molar-refractivity contribution in [1.29, 1.82) is 0 Å². The highest BCUT2D eigenvalue weighted by molar-refractivity contribution is 7.14. The lowest BCUT2D eigenvalue weighted by Gasteiger charge is -2.05. The number of hydrogen-bond acceptors (Lipinski definition) is 6. The predicted molar refractivity (Wildman–Crippen MR) is 83.7 cm³/mol. The summed E-state index contributed by atoms with van der Waals surface area (Å²) >= 11 is 1.41. The molecular formula is C15H11N3O3S. The number of nitrogens with zero attached hydrogens (tertiary/aromatic N) is 2. The zero-order valence-corrected chi connectivity index (χ0v) is 12.0. The maximum atomic E-state index is 10.9. The minimum absolute atomic E-state index is 0.138. The molecule has 0 aliphatic heterocycles. The largest absolute Gasteiger partial charge is 0.507 e. The van der Waals surface area contributed by atoms with Crippen LogP contribution in [0.15, 0.2) is 48.1 Å². The van der Waals surface area contributed by atoms with Gasteiger partial charge in [0.15, 0.2) is 5.13 Å². The van der Waals surface area contributed by atoms with Crippen molar-refractivity contribution in [3.8, 4) is 17.0 Å². The summed E-state index contributed by atoms with van der Waals surface area (Å²) in [5.74, 6) is -1.46. The number of carbonyl (C=O) groups is 1. The monoisotopic (exact) mass is 313 g/mol. The molecule has 0 amide bonds. The summed E-state index contributed by atoms with van der Waals surface area (Å²) in [6.45, 7) is 0. The van der Waals surface area contributed by atoms with Gasteiger partial charge in [-0.1, -0.05) is 0 Å². The van der Waals surface area contributed by atoms with E-state index in [0.717, 1.165) is 11.3 Å². The molecule has 3 N–H and O–H groups in total. The van der Waals surface area contributed by atoms with E-state index in [-0.39, 0.29) is 11.3 Å². The molecule has 110 valence electrons. The molecular weight excluding hydrogens is 302 g/mol. The van der Waals surface area contributed by atoms with Gasteiger partial charge in [0, 0.05) is 35.1 Å². The number of aromatic nitrogens is 2. The van der Waals surface area contributed by atoms with Crippen molar-refractivity contribution in [1.82, 2.24) is 9.97 Å². The molecule has 2 heterocycles. The second-order valence-electron chi connectivity index (χ2n) is 4.44. The number of hydrogen-bond donors (Lipinski definition) is 3. The standard InChI is InChI=1S/C15H11N3O3S/c19-13-6-10(3-4-11(13)14(20)21)17-15-18-12(8-22-15)9-2-1-5-16-7-9/h1-8,19H,(H,17,18)(H,20,21). The van der Waals surface area contributed by atoms with Crippen molar-refractivity contribution < 1.29 is 15.0 Å². The van der Waals surface area contributed by atoms with Crippen LogP contribution in [-0.4, -0.2) is 26.2 Å². The predicted octanol–water partition coefficient (Wildman–Crippen LogP) is 3.35. The molecule has 1 aromatic carbocycles. The van der Waals surface area contributed by atoms with Crippen LogP contribution in [0.3, 0.4) is 0 Å². The summed E-state index contributed by atoms with van der Waals surface area (Å²) in [5, 5.41) is 24.1. The number of anilines is 2. The Labute approximate surface area is 129 Å². The van der Waals surface area contributed by atoms with Crippen LogP contribution >= 0.6 is 11.3 Å². The molecule has 7 heteroatoms. The number of aromatic carboxylic acids is 1. The Morgan fingerprint density at radius 2 is 2.14 bits per heavy atom. The maximum Gasteiger partial charge on any atom is 0.339 e. The van der Waals surface area contributed by atoms with Gasteiger partial charge >= 0.3 is 5.97 Å². The molecule has 2 aromatic heterocycles. The minimum atomic E-state index is -1.17. The van der Waals surface area contributed by atoms with Gasteiger partial charge in [0.2, 0.25) is 0 Å². The summed E-state index contributed by atoms with van der Waals surface area (Å²) in [6, 6.07) is 8.03. The first-order valence-electron chi connectivity index (χ1n) is 6.33. The Bertz CT molecular complexity index is 818. The molecule has 0 aliphatic rings. The Morgan fingerprint density at radius 1 is 1.27 bits per heavy atom. The van der Waals surface area contributed by atoms with Gasteiger partial charge in [0.25, 0.3) is 0 Å². The lowest BCUT2D eigenvalue weighted by atomic mass is 10.2. The summed E-state index contributed by atoms with van der Waals surface area (Å²) < 4.78 is 0. The molecule has 3 rings (SSSR count). The lowest BCUT2D eigenvalue weighted by molar-refractivity contribution is 0.0694. The van der Waals surface area contributed by atoms with Crippen molar-refractivity contribution in [2.24, 2.45) is 0 Å². The van der Waals surface area contributed by atoms with E-state index in [1.54, 1.807) is 18.5 Å². The summed E-state index contributed by atoms with van der Waals surface area (Å²) in [7, 11) is 0. The first-order valence-corrected chi connectivity index (χ1v) is 7.21. The van der Waals surface area contributed by atoms with Gasteiger partial charge in [-0.05, 0) is 24.3 Å². The van der Waals surface area contributed by atoms with Crippen molar-refractivity contribution in [3.63, 3.8) is 0 Å². The highest BCUT2D eigenvalue weighted by Crippen LogP contribution is 2.29. The van der Waals surface area contributed by atoms with E-state index in [4.69, 9.17) is 5.11 Å². The molecule has 0 atom stereocenters. The van der Waals surface area contributed by atoms with Crippen molar-refractivity contribution >= 4 is 28.1 Å². The average Bonchev–Trinajstić information content (AvgIpc) is 2.96. The minimum Gasteiger partial charge on any atom is -0.507 e. The van der Waals surface area contributed by atoms with Crippen molar-refractivity contribution in [3.05, 3.63) is 53.7 Å². The zero-order chi connectivity index (χ0) is 15.5. The molecule has 0 spiro atoms. The van der Waals surface area contributed by atoms with Crippen LogP contribution in [0.4, 0.5) is 10.8 Å². The third kappa shape index (κ3) is 2.89. The number of phenols is 1. The van der Waals surface area contributed by atoms with Gasteiger partial charge in [-0.3, -0.25) is 4.98 Å². The third-order valence-electron chi connectivity index (χ3n) is 2.94. The van der Waals surface area contributed by atoms with Gasteiger partial charge in [0.05, 0.1) is 5.69 Å². The van der Waals surface area contributed by atoms with E-state index in [0.29, 0.717) is 10.8 Å². The fraction of sp³-hybridized carbons (Fsp3) is 0. The molecule has 22 heavy (non-hydrogen) atoms. The number of rotatable bonds is 4. The Hall–Kier alpha value is -2.93. The third-order valence-corrected chi connectivity index (χ3v) is 3.70. The Morgan fingerprint density at radius 3 is 2.82 bits per heavy atom. The fourth-order valence-corrected chi connectivity index (χ4v) is 2.63. The maximum absolute atomic E-state index is 10.9. The van der Waals surface area contributed by atoms with Crippen molar-refractivity contribution in [2.75, 3.05) is 5.32 Å². The molecule has 0 fully saturated rings. The number of aromatic hydroxyl groups is 1. The topological polar surface area (TPSA) is 95.3 Å². The lowest BCUT2D eigenvalue weighted by Crippen LogP contribution is -1.97. The first kappa shape index (κ1) is 14.0. The second-order valence-corrected chi connectivity index (χ2v) is 5.30. The van der Waals surface area contributed by atoms with E-state index in [1.165, 1.54) is 23.5 Å². The zero-order valence-electron chi connectivity index (χ0n) is 11.2. The molecule has 0 unspecified atom stereocenters. The van der Waals surface area contributed by atoms with Crippen LogP contribution in [0, 0.1) is 0 Å². The second kappa shape index (κ2) is 5.82. The van der Waals surface area contributed by atoms with Crippen LogP contribution in [0.25, 0.3) is 11.3 Å². The molecule has 0 saturated carbocycles. The molecule has 6 nitrogen and oxygen atoms in total. The number of benzene rings is 1. The van der Waals surface area contributed by atoms with Crippen LogP contribution in [0.1, 0.15) is 10.4 Å². The number of carboxylic acid groups (broad SMARTS) is 1. The van der Waals surface area contributed by atoms with E-state index in [9.17, 15) is 9.90 Å².